The van der Waals surface area contributed by atoms with Gasteiger partial charge in [0, 0.05) is 23.0 Å². The van der Waals surface area contributed by atoms with Crippen LogP contribution in [0.25, 0.3) is 5.65 Å². The summed E-state index contributed by atoms with van der Waals surface area (Å²) in [6.45, 7) is 3.92. The molecule has 2 heterocycles. The first-order valence-corrected chi connectivity index (χ1v) is 8.89. The van der Waals surface area contributed by atoms with Crippen LogP contribution in [-0.4, -0.2) is 20.5 Å². The Morgan fingerprint density at radius 3 is 2.79 bits per heavy atom. The second-order valence-electron chi connectivity index (χ2n) is 6.54. The minimum atomic E-state index is -0.136. The number of anilines is 1. The number of fused-ring (bicyclic) bond motifs is 1. The lowest BCUT2D eigenvalue weighted by molar-refractivity contribution is 0.102. The number of carbonyl (C=O) groups is 1. The fraction of sp³-hybridized carbons (Fsp3) is 0.0870. The predicted octanol–water partition coefficient (Wildman–Crippen LogP) is 4.00. The Hall–Kier alpha value is -3.91. The third kappa shape index (κ3) is 3.62. The monoisotopic (exact) mass is 366 g/mol. The summed E-state index contributed by atoms with van der Waals surface area (Å²) < 4.78 is 1.70. The minimum Gasteiger partial charge on any atom is -0.322 e. The molecule has 0 bridgehead atoms. The molecule has 2 aromatic carbocycles. The molecule has 0 aliphatic heterocycles. The predicted molar refractivity (Wildman–Crippen MR) is 109 cm³/mol. The smallest absolute Gasteiger partial charge is 0.255 e. The molecule has 4 aromatic rings. The van der Waals surface area contributed by atoms with Gasteiger partial charge in [-0.15, -0.1) is 0 Å². The van der Waals surface area contributed by atoms with E-state index in [-0.39, 0.29) is 5.91 Å². The summed E-state index contributed by atoms with van der Waals surface area (Å²) in [5.41, 5.74) is 5.66. The van der Waals surface area contributed by atoms with Crippen LogP contribution < -0.4 is 5.32 Å². The maximum absolute atomic E-state index is 12.6. The zero-order valence-corrected chi connectivity index (χ0v) is 15.6. The Morgan fingerprint density at radius 1 is 1.04 bits per heavy atom. The van der Waals surface area contributed by atoms with Crippen molar-refractivity contribution in [2.24, 2.45) is 0 Å². The summed E-state index contributed by atoms with van der Waals surface area (Å²) in [6, 6.07) is 17.0. The van der Waals surface area contributed by atoms with Gasteiger partial charge in [0.1, 0.15) is 5.69 Å². The van der Waals surface area contributed by atoms with Crippen LogP contribution in [-0.2, 0) is 0 Å². The van der Waals surface area contributed by atoms with Crippen LogP contribution in [0.15, 0.2) is 67.0 Å². The molecule has 5 nitrogen and oxygen atoms in total. The van der Waals surface area contributed by atoms with Gasteiger partial charge in [-0.25, -0.2) is 9.50 Å². The molecule has 0 saturated heterocycles. The van der Waals surface area contributed by atoms with Crippen molar-refractivity contribution in [1.82, 2.24) is 14.6 Å². The Labute approximate surface area is 163 Å². The first-order chi connectivity index (χ1) is 13.6. The van der Waals surface area contributed by atoms with Gasteiger partial charge in [0.05, 0.1) is 6.20 Å². The number of nitrogens with one attached hydrogen (secondary N) is 1. The number of imidazole rings is 1. The highest BCUT2D eigenvalue weighted by Crippen LogP contribution is 2.18. The standard InChI is InChI=1S/C23H18N4O/c1-16-5-3-6-19(13-16)23(28)26-21-14-18(9-8-17(21)2)10-11-20-15-24-22-7-4-12-25-27(20)22/h3-9,12-15H,1-2H3,(H,26,28). The van der Waals surface area contributed by atoms with Gasteiger partial charge in [-0.3, -0.25) is 4.79 Å². The van der Waals surface area contributed by atoms with Gasteiger partial charge in [-0.05, 0) is 61.7 Å². The van der Waals surface area contributed by atoms with E-state index in [1.165, 1.54) is 0 Å². The fourth-order valence-corrected chi connectivity index (χ4v) is 2.87. The molecule has 0 radical (unpaired) electrons. The average molecular weight is 366 g/mol. The Kier molecular flexibility index (Phi) is 4.61. The number of rotatable bonds is 2. The Balaban J connectivity index is 1.60. The lowest BCUT2D eigenvalue weighted by Gasteiger charge is -2.09. The second kappa shape index (κ2) is 7.37. The number of carbonyl (C=O) groups excluding carboxylic acids is 1. The van der Waals surface area contributed by atoms with Crippen LogP contribution in [0, 0.1) is 25.7 Å². The van der Waals surface area contributed by atoms with Crippen LogP contribution in [0.1, 0.15) is 32.7 Å². The van der Waals surface area contributed by atoms with E-state index < -0.39 is 0 Å². The van der Waals surface area contributed by atoms with E-state index in [0.717, 1.165) is 28.0 Å². The van der Waals surface area contributed by atoms with Crippen LogP contribution in [0.5, 0.6) is 0 Å². The number of hydrogen-bond donors (Lipinski definition) is 1. The van der Waals surface area contributed by atoms with Gasteiger partial charge < -0.3 is 5.32 Å². The maximum atomic E-state index is 12.6. The summed E-state index contributed by atoms with van der Waals surface area (Å²) in [5.74, 6) is 6.09. The molecule has 2 aromatic heterocycles. The summed E-state index contributed by atoms with van der Waals surface area (Å²) in [5, 5.41) is 7.24. The molecular weight excluding hydrogens is 348 g/mol. The van der Waals surface area contributed by atoms with Crippen LogP contribution >= 0.6 is 0 Å². The van der Waals surface area contributed by atoms with E-state index in [0.29, 0.717) is 11.3 Å². The fourth-order valence-electron chi connectivity index (χ4n) is 2.87. The van der Waals surface area contributed by atoms with E-state index in [1.54, 1.807) is 23.0 Å². The lowest BCUT2D eigenvalue weighted by Crippen LogP contribution is -2.13. The third-order valence-electron chi connectivity index (χ3n) is 4.38. The molecule has 4 rings (SSSR count). The number of nitrogens with zero attached hydrogens (tertiary/aromatic N) is 3. The molecule has 1 amide bonds. The largest absolute Gasteiger partial charge is 0.322 e. The van der Waals surface area contributed by atoms with Crippen molar-refractivity contribution < 1.29 is 4.79 Å². The number of hydrogen-bond acceptors (Lipinski definition) is 3. The molecule has 0 unspecified atom stereocenters. The second-order valence-corrected chi connectivity index (χ2v) is 6.54. The SMILES string of the molecule is Cc1cccc(C(=O)Nc2cc(C#Cc3cnc4cccnn34)ccc2C)c1. The maximum Gasteiger partial charge on any atom is 0.255 e. The van der Waals surface area contributed by atoms with Gasteiger partial charge in [0.25, 0.3) is 5.91 Å². The summed E-state index contributed by atoms with van der Waals surface area (Å²) in [7, 11) is 0. The lowest BCUT2D eigenvalue weighted by atomic mass is 10.1. The summed E-state index contributed by atoms with van der Waals surface area (Å²) in [4.78, 5) is 16.8. The van der Waals surface area contributed by atoms with E-state index in [2.05, 4.69) is 27.2 Å². The van der Waals surface area contributed by atoms with Crippen LogP contribution in [0.3, 0.4) is 0 Å². The zero-order chi connectivity index (χ0) is 19.5. The highest BCUT2D eigenvalue weighted by molar-refractivity contribution is 6.04. The first-order valence-electron chi connectivity index (χ1n) is 8.89. The van der Waals surface area contributed by atoms with Crippen molar-refractivity contribution in [3.8, 4) is 11.8 Å². The normalized spacial score (nSPS) is 10.4. The molecule has 0 atom stereocenters. The highest BCUT2D eigenvalue weighted by Gasteiger charge is 2.08. The molecule has 0 aliphatic carbocycles. The molecule has 0 spiro atoms. The van der Waals surface area contributed by atoms with Crippen molar-refractivity contribution in [2.75, 3.05) is 5.32 Å². The van der Waals surface area contributed by atoms with Gasteiger partial charge >= 0.3 is 0 Å². The molecule has 1 N–H and O–H groups in total. The van der Waals surface area contributed by atoms with Gasteiger partial charge in [-0.1, -0.05) is 29.7 Å². The number of aromatic nitrogens is 3. The van der Waals surface area contributed by atoms with E-state index >= 15 is 0 Å². The summed E-state index contributed by atoms with van der Waals surface area (Å²) >= 11 is 0. The van der Waals surface area contributed by atoms with Crippen molar-refractivity contribution >= 4 is 17.2 Å². The van der Waals surface area contributed by atoms with Crippen molar-refractivity contribution in [1.29, 1.82) is 0 Å². The quantitative estimate of drug-likeness (QED) is 0.546. The summed E-state index contributed by atoms with van der Waals surface area (Å²) in [6.07, 6.45) is 3.40. The zero-order valence-electron chi connectivity index (χ0n) is 15.6. The molecule has 0 aliphatic rings. The number of benzene rings is 2. The molecule has 28 heavy (non-hydrogen) atoms. The first kappa shape index (κ1) is 17.5. The van der Waals surface area contributed by atoms with Crippen LogP contribution in [0.4, 0.5) is 5.69 Å². The van der Waals surface area contributed by atoms with Crippen molar-refractivity contribution in [3.05, 3.63) is 94.9 Å². The molecule has 0 saturated carbocycles. The van der Waals surface area contributed by atoms with Gasteiger partial charge in [-0.2, -0.15) is 5.10 Å². The molecule has 5 heteroatoms. The number of amides is 1. The Bertz CT molecular complexity index is 1240. The molecular formula is C23H18N4O. The van der Waals surface area contributed by atoms with Gasteiger partial charge in [0.15, 0.2) is 5.65 Å². The van der Waals surface area contributed by atoms with E-state index in [1.807, 2.05) is 62.4 Å². The van der Waals surface area contributed by atoms with Gasteiger partial charge in [0.2, 0.25) is 0 Å². The minimum absolute atomic E-state index is 0.136. The van der Waals surface area contributed by atoms with Crippen LogP contribution in [0.2, 0.25) is 0 Å². The Morgan fingerprint density at radius 2 is 1.93 bits per heavy atom. The van der Waals surface area contributed by atoms with E-state index in [9.17, 15) is 4.79 Å². The highest BCUT2D eigenvalue weighted by atomic mass is 16.1. The molecule has 0 fully saturated rings. The van der Waals surface area contributed by atoms with E-state index in [4.69, 9.17) is 0 Å². The topological polar surface area (TPSA) is 59.3 Å². The number of aryl methyl sites for hydroxylation is 2. The van der Waals surface area contributed by atoms with Crippen molar-refractivity contribution in [2.45, 2.75) is 13.8 Å². The van der Waals surface area contributed by atoms with Crippen molar-refractivity contribution in [3.63, 3.8) is 0 Å². The average Bonchev–Trinajstić information content (AvgIpc) is 3.12. The molecule has 136 valence electrons. The third-order valence-corrected chi connectivity index (χ3v) is 4.38.